The summed E-state index contributed by atoms with van der Waals surface area (Å²) in [6.07, 6.45) is 0.704. The van der Waals surface area contributed by atoms with Crippen LogP contribution < -0.4 is 9.64 Å². The van der Waals surface area contributed by atoms with Crippen LogP contribution in [-0.4, -0.2) is 36.4 Å². The van der Waals surface area contributed by atoms with Crippen LogP contribution in [-0.2, 0) is 4.79 Å². The van der Waals surface area contributed by atoms with Crippen LogP contribution in [0.5, 0.6) is 5.75 Å². The molecule has 0 aromatic heterocycles. The van der Waals surface area contributed by atoms with Crippen molar-refractivity contribution >= 4 is 11.6 Å². The highest BCUT2D eigenvalue weighted by Gasteiger charge is 2.29. The molecule has 1 unspecified atom stereocenters. The molecule has 1 amide bonds. The van der Waals surface area contributed by atoms with E-state index in [1.807, 2.05) is 25.1 Å². The third-order valence-electron chi connectivity index (χ3n) is 3.42. The highest BCUT2D eigenvalue weighted by Crippen LogP contribution is 2.38. The number of carbonyl (C=O) groups is 1. The molecule has 1 aromatic carbocycles. The maximum atomic E-state index is 11.7. The van der Waals surface area contributed by atoms with Crippen molar-refractivity contribution < 1.29 is 14.7 Å². The van der Waals surface area contributed by atoms with Crippen molar-refractivity contribution in [1.82, 2.24) is 5.06 Å². The van der Waals surface area contributed by atoms with Crippen LogP contribution in [0.4, 0.5) is 5.69 Å². The van der Waals surface area contributed by atoms with Gasteiger partial charge in [0.25, 0.3) is 0 Å². The van der Waals surface area contributed by atoms with Crippen LogP contribution >= 0.6 is 0 Å². The first kappa shape index (κ1) is 13.8. The predicted octanol–water partition coefficient (Wildman–Crippen LogP) is 2.20. The molecule has 0 saturated carbocycles. The molecule has 0 bridgehead atoms. The molecular formula is C14H20N2O3. The van der Waals surface area contributed by atoms with Crippen molar-refractivity contribution in [3.63, 3.8) is 0 Å². The number of hydrogen-bond acceptors (Lipinski definition) is 4. The van der Waals surface area contributed by atoms with Crippen LogP contribution in [0.25, 0.3) is 0 Å². The molecule has 1 aliphatic rings. The van der Waals surface area contributed by atoms with E-state index in [9.17, 15) is 10.0 Å². The van der Waals surface area contributed by atoms with E-state index in [1.165, 1.54) is 5.06 Å². The van der Waals surface area contributed by atoms with Crippen molar-refractivity contribution in [2.45, 2.75) is 26.3 Å². The van der Waals surface area contributed by atoms with Gasteiger partial charge in [0.1, 0.15) is 5.75 Å². The zero-order valence-electron chi connectivity index (χ0n) is 11.6. The van der Waals surface area contributed by atoms with Gasteiger partial charge in [-0.15, -0.1) is 0 Å². The number of hydroxylamine groups is 2. The lowest BCUT2D eigenvalue weighted by atomic mass is 9.96. The summed E-state index contributed by atoms with van der Waals surface area (Å²) in [5, 5.41) is 11.0. The van der Waals surface area contributed by atoms with E-state index in [1.54, 1.807) is 18.9 Å². The van der Waals surface area contributed by atoms with Gasteiger partial charge >= 0.3 is 0 Å². The highest BCUT2D eigenvalue weighted by atomic mass is 16.5. The topological polar surface area (TPSA) is 53.0 Å². The van der Waals surface area contributed by atoms with Crippen LogP contribution in [0, 0.1) is 0 Å². The van der Waals surface area contributed by atoms with Gasteiger partial charge in [0.05, 0.1) is 12.6 Å². The minimum atomic E-state index is -0.106. The lowest BCUT2D eigenvalue weighted by Gasteiger charge is -2.36. The van der Waals surface area contributed by atoms with E-state index in [0.29, 0.717) is 19.6 Å². The molecular weight excluding hydrogens is 244 g/mol. The molecule has 19 heavy (non-hydrogen) atoms. The lowest BCUT2D eigenvalue weighted by Crippen LogP contribution is -2.38. The molecule has 1 atom stereocenters. The zero-order chi connectivity index (χ0) is 14.0. The van der Waals surface area contributed by atoms with Crippen molar-refractivity contribution in [3.05, 3.63) is 23.8 Å². The second-order valence-corrected chi connectivity index (χ2v) is 4.70. The van der Waals surface area contributed by atoms with Gasteiger partial charge in [0, 0.05) is 26.2 Å². The van der Waals surface area contributed by atoms with Crippen molar-refractivity contribution in [1.29, 1.82) is 0 Å². The third-order valence-corrected chi connectivity index (χ3v) is 3.42. The Kier molecular flexibility index (Phi) is 4.07. The second kappa shape index (κ2) is 5.59. The van der Waals surface area contributed by atoms with Crippen LogP contribution in [0.15, 0.2) is 18.2 Å². The molecule has 1 aliphatic heterocycles. The number of fused-ring (bicyclic) bond motifs is 1. The fourth-order valence-electron chi connectivity index (χ4n) is 2.54. The molecule has 1 aromatic rings. The van der Waals surface area contributed by atoms with Gasteiger partial charge in [0.2, 0.25) is 5.91 Å². The summed E-state index contributed by atoms with van der Waals surface area (Å²) < 4.78 is 5.49. The molecule has 0 aliphatic carbocycles. The van der Waals surface area contributed by atoms with E-state index < -0.39 is 0 Å². The number of carbonyl (C=O) groups excluding carboxylic acids is 1. The molecule has 0 saturated heterocycles. The Labute approximate surface area is 113 Å². The van der Waals surface area contributed by atoms with Crippen LogP contribution in [0.1, 0.15) is 31.9 Å². The maximum Gasteiger partial charge on any atom is 0.223 e. The zero-order valence-corrected chi connectivity index (χ0v) is 11.6. The minimum Gasteiger partial charge on any atom is -0.494 e. The Morgan fingerprint density at radius 1 is 1.58 bits per heavy atom. The Morgan fingerprint density at radius 2 is 2.32 bits per heavy atom. The molecule has 1 heterocycles. The summed E-state index contributed by atoms with van der Waals surface area (Å²) >= 11 is 0. The van der Waals surface area contributed by atoms with Crippen molar-refractivity contribution in [3.8, 4) is 5.75 Å². The average molecular weight is 264 g/mol. The fraction of sp³-hybridized carbons (Fsp3) is 0.500. The number of ether oxygens (including phenoxy) is 1. The normalized spacial score (nSPS) is 18.4. The minimum absolute atomic E-state index is 0.0180. The lowest BCUT2D eigenvalue weighted by molar-refractivity contribution is -0.118. The Hall–Kier alpha value is -1.59. The van der Waals surface area contributed by atoms with Gasteiger partial charge in [-0.05, 0) is 37.1 Å². The van der Waals surface area contributed by atoms with Crippen LogP contribution in [0.2, 0.25) is 0 Å². The Bertz CT molecular complexity index is 474. The Morgan fingerprint density at radius 3 is 2.89 bits per heavy atom. The van der Waals surface area contributed by atoms with Crippen molar-refractivity contribution in [2.24, 2.45) is 0 Å². The largest absolute Gasteiger partial charge is 0.494 e. The first-order chi connectivity index (χ1) is 9.04. The monoisotopic (exact) mass is 264 g/mol. The van der Waals surface area contributed by atoms with Crippen LogP contribution in [0.3, 0.4) is 0 Å². The van der Waals surface area contributed by atoms with Gasteiger partial charge in [-0.25, -0.2) is 0 Å². The van der Waals surface area contributed by atoms with E-state index in [4.69, 9.17) is 4.74 Å². The summed E-state index contributed by atoms with van der Waals surface area (Å²) in [7, 11) is 1.63. The molecule has 2 rings (SSSR count). The number of rotatable bonds is 3. The van der Waals surface area contributed by atoms with E-state index in [-0.39, 0.29) is 11.9 Å². The van der Waals surface area contributed by atoms with E-state index in [2.05, 4.69) is 0 Å². The standard InChI is InChI=1S/C14H20N2O3/c1-4-19-11-5-6-14-12(9-11)13(15(3)18)7-8-16(14)10(2)17/h5-6,9,13,18H,4,7-8H2,1-3H3. The summed E-state index contributed by atoms with van der Waals surface area (Å²) in [6.45, 7) is 4.70. The molecule has 0 spiro atoms. The highest BCUT2D eigenvalue weighted by molar-refractivity contribution is 5.93. The van der Waals surface area contributed by atoms with Crippen molar-refractivity contribution in [2.75, 3.05) is 25.1 Å². The van der Waals surface area contributed by atoms with Gasteiger partial charge in [0.15, 0.2) is 0 Å². The fourth-order valence-corrected chi connectivity index (χ4v) is 2.54. The number of nitrogens with zero attached hydrogens (tertiary/aromatic N) is 2. The molecule has 5 nitrogen and oxygen atoms in total. The number of hydrogen-bond donors (Lipinski definition) is 1. The molecule has 5 heteroatoms. The van der Waals surface area contributed by atoms with E-state index in [0.717, 1.165) is 17.0 Å². The maximum absolute atomic E-state index is 11.7. The average Bonchev–Trinajstić information content (AvgIpc) is 2.37. The first-order valence-electron chi connectivity index (χ1n) is 6.51. The molecule has 0 radical (unpaired) electrons. The molecule has 1 N–H and O–H groups in total. The number of benzene rings is 1. The van der Waals surface area contributed by atoms with Gasteiger partial charge in [-0.1, -0.05) is 0 Å². The second-order valence-electron chi connectivity index (χ2n) is 4.70. The van der Waals surface area contributed by atoms with Gasteiger partial charge in [-0.2, -0.15) is 5.06 Å². The quantitative estimate of drug-likeness (QED) is 0.850. The molecule has 0 fully saturated rings. The molecule has 104 valence electrons. The van der Waals surface area contributed by atoms with Gasteiger partial charge < -0.3 is 14.8 Å². The Balaban J connectivity index is 2.44. The number of amides is 1. The van der Waals surface area contributed by atoms with Gasteiger partial charge in [-0.3, -0.25) is 4.79 Å². The third kappa shape index (κ3) is 2.72. The first-order valence-corrected chi connectivity index (χ1v) is 6.51. The summed E-state index contributed by atoms with van der Waals surface area (Å²) in [5.74, 6) is 0.781. The summed E-state index contributed by atoms with van der Waals surface area (Å²) in [6, 6.07) is 5.55. The smallest absolute Gasteiger partial charge is 0.223 e. The number of anilines is 1. The van der Waals surface area contributed by atoms with E-state index >= 15 is 0 Å². The summed E-state index contributed by atoms with van der Waals surface area (Å²) in [5.41, 5.74) is 1.78. The predicted molar refractivity (Wildman–Crippen MR) is 72.5 cm³/mol. The SMILES string of the molecule is CCOc1ccc2c(c1)C(N(C)O)CCN2C(C)=O. The summed E-state index contributed by atoms with van der Waals surface area (Å²) in [4.78, 5) is 13.4.